The first-order chi connectivity index (χ1) is 7.02. The van der Waals surface area contributed by atoms with Gasteiger partial charge < -0.3 is 10.4 Å². The summed E-state index contributed by atoms with van der Waals surface area (Å²) in [6, 6.07) is 0. The van der Waals surface area contributed by atoms with E-state index in [0.717, 1.165) is 0 Å². The zero-order chi connectivity index (χ0) is 11.4. The minimum Gasteiger partial charge on any atom is -0.481 e. The summed E-state index contributed by atoms with van der Waals surface area (Å²) < 4.78 is 1.35. The third-order valence-electron chi connectivity index (χ3n) is 1.74. The lowest BCUT2D eigenvalue weighted by atomic mass is 10.3. The van der Waals surface area contributed by atoms with Crippen molar-refractivity contribution in [1.29, 1.82) is 0 Å². The fraction of sp³-hybridized carbons (Fsp3) is 0.375. The number of halogens is 1. The molecule has 7 heteroatoms. The molecule has 1 heterocycles. The summed E-state index contributed by atoms with van der Waals surface area (Å²) in [6.45, 7) is 0.0688. The maximum absolute atomic E-state index is 11.4. The van der Waals surface area contributed by atoms with Gasteiger partial charge in [0.15, 0.2) is 0 Å². The summed E-state index contributed by atoms with van der Waals surface area (Å²) in [5, 5.41) is 14.8. The van der Waals surface area contributed by atoms with Gasteiger partial charge in [0.2, 0.25) is 0 Å². The number of rotatable bonds is 4. The molecule has 1 aromatic rings. The minimum atomic E-state index is -0.965. The highest BCUT2D eigenvalue weighted by Crippen LogP contribution is 2.13. The third-order valence-corrected chi connectivity index (χ3v) is 2.18. The molecule has 0 unspecified atom stereocenters. The van der Waals surface area contributed by atoms with Crippen LogP contribution in [0.4, 0.5) is 0 Å². The average Bonchev–Trinajstić information content (AvgIpc) is 2.47. The zero-order valence-corrected chi connectivity index (χ0v) is 8.78. The molecule has 0 saturated carbocycles. The Hall–Kier alpha value is -1.56. The van der Waals surface area contributed by atoms with Gasteiger partial charge in [-0.2, -0.15) is 5.10 Å². The fourth-order valence-corrected chi connectivity index (χ4v) is 1.13. The second-order valence-corrected chi connectivity index (χ2v) is 3.23. The molecule has 1 rings (SSSR count). The summed E-state index contributed by atoms with van der Waals surface area (Å²) >= 11 is 5.77. The number of carboxylic acids is 1. The normalized spacial score (nSPS) is 10.0. The van der Waals surface area contributed by atoms with Crippen molar-refractivity contribution in [3.05, 3.63) is 16.9 Å². The Kier molecular flexibility index (Phi) is 3.68. The first kappa shape index (κ1) is 11.5. The van der Waals surface area contributed by atoms with Gasteiger partial charge in [-0.25, -0.2) is 0 Å². The van der Waals surface area contributed by atoms with Crippen molar-refractivity contribution in [2.45, 2.75) is 6.42 Å². The van der Waals surface area contributed by atoms with Gasteiger partial charge in [-0.05, 0) is 0 Å². The standard InChI is InChI=1S/C8H10ClN3O3/c1-12-7(9)5(4-11-12)8(15)10-3-2-6(13)14/h4H,2-3H2,1H3,(H,10,15)(H,13,14). The molecule has 2 N–H and O–H groups in total. The maximum atomic E-state index is 11.4. The second-order valence-electron chi connectivity index (χ2n) is 2.87. The monoisotopic (exact) mass is 231 g/mol. The molecule has 0 saturated heterocycles. The van der Waals surface area contributed by atoms with E-state index in [2.05, 4.69) is 10.4 Å². The number of aryl methyl sites for hydroxylation is 1. The topological polar surface area (TPSA) is 84.2 Å². The van der Waals surface area contributed by atoms with Crippen molar-refractivity contribution in [3.8, 4) is 0 Å². The van der Waals surface area contributed by atoms with Gasteiger partial charge in [0.25, 0.3) is 5.91 Å². The number of nitrogens with one attached hydrogen (secondary N) is 1. The molecule has 0 aliphatic carbocycles. The van der Waals surface area contributed by atoms with E-state index >= 15 is 0 Å². The summed E-state index contributed by atoms with van der Waals surface area (Å²) in [5.74, 6) is -1.39. The maximum Gasteiger partial charge on any atom is 0.305 e. The average molecular weight is 232 g/mol. The van der Waals surface area contributed by atoms with E-state index in [1.165, 1.54) is 10.9 Å². The Bertz CT molecular complexity index is 388. The Morgan fingerprint density at radius 3 is 2.80 bits per heavy atom. The van der Waals surface area contributed by atoms with E-state index in [9.17, 15) is 9.59 Å². The predicted molar refractivity (Wildman–Crippen MR) is 52.8 cm³/mol. The number of aliphatic carboxylic acids is 1. The van der Waals surface area contributed by atoms with Gasteiger partial charge in [0, 0.05) is 13.6 Å². The van der Waals surface area contributed by atoms with Crippen LogP contribution in [0.3, 0.4) is 0 Å². The molecule has 0 bridgehead atoms. The highest BCUT2D eigenvalue weighted by molar-refractivity contribution is 6.32. The second kappa shape index (κ2) is 4.79. The Morgan fingerprint density at radius 2 is 2.33 bits per heavy atom. The van der Waals surface area contributed by atoms with Crippen LogP contribution in [0.1, 0.15) is 16.8 Å². The highest BCUT2D eigenvalue weighted by Gasteiger charge is 2.13. The summed E-state index contributed by atoms with van der Waals surface area (Å²) in [5.41, 5.74) is 0.240. The molecule has 0 spiro atoms. The minimum absolute atomic E-state index is 0.0688. The van der Waals surface area contributed by atoms with Gasteiger partial charge in [0.05, 0.1) is 18.2 Å². The molecule has 0 atom stereocenters. The first-order valence-corrected chi connectivity index (χ1v) is 4.57. The fourth-order valence-electron chi connectivity index (χ4n) is 0.953. The van der Waals surface area contributed by atoms with Crippen molar-refractivity contribution >= 4 is 23.5 Å². The van der Waals surface area contributed by atoms with Crippen LogP contribution < -0.4 is 5.32 Å². The van der Waals surface area contributed by atoms with Crippen LogP contribution in [-0.4, -0.2) is 33.3 Å². The lowest BCUT2D eigenvalue weighted by Crippen LogP contribution is -2.25. The summed E-state index contributed by atoms with van der Waals surface area (Å²) in [7, 11) is 1.61. The van der Waals surface area contributed by atoms with Crippen LogP contribution >= 0.6 is 11.6 Å². The van der Waals surface area contributed by atoms with Crippen molar-refractivity contribution < 1.29 is 14.7 Å². The van der Waals surface area contributed by atoms with Gasteiger partial charge in [-0.1, -0.05) is 11.6 Å². The Labute approximate surface area is 90.8 Å². The number of aromatic nitrogens is 2. The highest BCUT2D eigenvalue weighted by atomic mass is 35.5. The molecular weight excluding hydrogens is 222 g/mol. The number of carboxylic acid groups (broad SMARTS) is 1. The van der Waals surface area contributed by atoms with Crippen molar-refractivity contribution in [2.24, 2.45) is 7.05 Å². The van der Waals surface area contributed by atoms with Crippen LogP contribution in [0.2, 0.25) is 5.15 Å². The molecule has 1 aromatic heterocycles. The first-order valence-electron chi connectivity index (χ1n) is 4.20. The van der Waals surface area contributed by atoms with Gasteiger partial charge >= 0.3 is 5.97 Å². The molecule has 0 aliphatic rings. The number of carbonyl (C=O) groups excluding carboxylic acids is 1. The van der Waals surface area contributed by atoms with Gasteiger partial charge in [0.1, 0.15) is 5.15 Å². The van der Waals surface area contributed by atoms with Gasteiger partial charge in [-0.15, -0.1) is 0 Å². The largest absolute Gasteiger partial charge is 0.481 e. The Balaban J connectivity index is 2.54. The van der Waals surface area contributed by atoms with E-state index in [1.54, 1.807) is 7.05 Å². The molecule has 0 fully saturated rings. The van der Waals surface area contributed by atoms with Crippen LogP contribution in [0, 0.1) is 0 Å². The molecule has 0 aliphatic heterocycles. The van der Waals surface area contributed by atoms with Crippen LogP contribution in [0.5, 0.6) is 0 Å². The molecule has 1 amide bonds. The molecule has 15 heavy (non-hydrogen) atoms. The lowest BCUT2D eigenvalue weighted by Gasteiger charge is -2.01. The van der Waals surface area contributed by atoms with E-state index in [1.807, 2.05) is 0 Å². The third kappa shape index (κ3) is 2.95. The van der Waals surface area contributed by atoms with Crippen LogP contribution in [-0.2, 0) is 11.8 Å². The van der Waals surface area contributed by atoms with Crippen LogP contribution in [0.25, 0.3) is 0 Å². The van der Waals surface area contributed by atoms with Gasteiger partial charge in [-0.3, -0.25) is 14.3 Å². The number of carbonyl (C=O) groups is 2. The predicted octanol–water partition coefficient (Wildman–Crippen LogP) is 0.278. The summed E-state index contributed by atoms with van der Waals surface area (Å²) in [6.07, 6.45) is 1.21. The van der Waals surface area contributed by atoms with E-state index < -0.39 is 11.9 Å². The smallest absolute Gasteiger partial charge is 0.305 e. The van der Waals surface area contributed by atoms with Crippen molar-refractivity contribution in [3.63, 3.8) is 0 Å². The van der Waals surface area contributed by atoms with E-state index in [0.29, 0.717) is 0 Å². The van der Waals surface area contributed by atoms with Crippen molar-refractivity contribution in [1.82, 2.24) is 15.1 Å². The number of hydrogen-bond donors (Lipinski definition) is 2. The number of hydrogen-bond acceptors (Lipinski definition) is 3. The lowest BCUT2D eigenvalue weighted by molar-refractivity contribution is -0.136. The SMILES string of the molecule is Cn1ncc(C(=O)NCCC(=O)O)c1Cl. The molecule has 0 aromatic carbocycles. The van der Waals surface area contributed by atoms with Crippen molar-refractivity contribution in [2.75, 3.05) is 6.54 Å². The van der Waals surface area contributed by atoms with E-state index in [4.69, 9.17) is 16.7 Å². The van der Waals surface area contributed by atoms with E-state index in [-0.39, 0.29) is 23.7 Å². The summed E-state index contributed by atoms with van der Waals surface area (Å²) in [4.78, 5) is 21.6. The quantitative estimate of drug-likeness (QED) is 0.780. The molecule has 0 radical (unpaired) electrons. The molecular formula is C8H10ClN3O3. The molecule has 6 nitrogen and oxygen atoms in total. The number of amides is 1. The Morgan fingerprint density at radius 1 is 1.67 bits per heavy atom. The van der Waals surface area contributed by atoms with Crippen LogP contribution in [0.15, 0.2) is 6.20 Å². The number of nitrogens with zero attached hydrogens (tertiary/aromatic N) is 2. The zero-order valence-electron chi connectivity index (χ0n) is 8.03. The molecule has 82 valence electrons.